The molecule has 0 fully saturated rings. The van der Waals surface area contributed by atoms with Crippen LogP contribution < -0.4 is 18.9 Å². The van der Waals surface area contributed by atoms with Gasteiger partial charge in [0.05, 0.1) is 52.9 Å². The Morgan fingerprint density at radius 1 is 0.667 bits per heavy atom. The third-order valence-corrected chi connectivity index (χ3v) is 16.8. The van der Waals surface area contributed by atoms with E-state index in [9.17, 15) is 35.1 Å². The van der Waals surface area contributed by atoms with E-state index < -0.39 is 20.0 Å². The van der Waals surface area contributed by atoms with E-state index in [1.807, 2.05) is 26.0 Å². The van der Waals surface area contributed by atoms with Crippen LogP contribution >= 0.6 is 0 Å². The number of rotatable bonds is 14. The number of aliphatic hydroxyl groups is 5. The Morgan fingerprint density at radius 2 is 1.10 bits per heavy atom. The molecule has 0 amide bonds. The first kappa shape index (κ1) is 49.4. The van der Waals surface area contributed by atoms with E-state index in [0.717, 1.165) is 16.9 Å². The van der Waals surface area contributed by atoms with Crippen LogP contribution in [0.15, 0.2) is 60.7 Å². The summed E-state index contributed by atoms with van der Waals surface area (Å²) in [7, 11) is 0.931. The molecule has 13 heteroatoms. The summed E-state index contributed by atoms with van der Waals surface area (Å²) in [6.45, 7) is 18.1. The second kappa shape index (κ2) is 19.6. The third kappa shape index (κ3) is 11.6. The van der Waals surface area contributed by atoms with Crippen LogP contribution in [-0.2, 0) is 43.7 Å². The van der Waals surface area contributed by atoms with E-state index >= 15 is 0 Å². The number of hydrogen-bond donors (Lipinski definition) is 5. The fourth-order valence-corrected chi connectivity index (χ4v) is 9.18. The van der Waals surface area contributed by atoms with Crippen LogP contribution in [0.2, 0.25) is 18.1 Å². The van der Waals surface area contributed by atoms with Crippen LogP contribution in [0.4, 0.5) is 0 Å². The molecule has 0 aromatic heterocycles. The lowest BCUT2D eigenvalue weighted by Crippen LogP contribution is -2.45. The lowest BCUT2D eigenvalue weighted by atomic mass is 9.89. The van der Waals surface area contributed by atoms with Gasteiger partial charge in [0.15, 0.2) is 19.9 Å². The molecular weight excluding hydrogens is 821 g/mol. The van der Waals surface area contributed by atoms with E-state index in [-0.39, 0.29) is 67.6 Å². The molecule has 2 atom stereocenters. The van der Waals surface area contributed by atoms with Crippen LogP contribution in [-0.4, -0.2) is 70.8 Å². The summed E-state index contributed by atoms with van der Waals surface area (Å²) < 4.78 is 29.6. The van der Waals surface area contributed by atoms with E-state index in [4.69, 9.17) is 23.4 Å². The van der Waals surface area contributed by atoms with Gasteiger partial charge in [-0.3, -0.25) is 9.59 Å². The second-order valence-corrected chi connectivity index (χ2v) is 24.0. The van der Waals surface area contributed by atoms with Crippen LogP contribution in [0.25, 0.3) is 0 Å². The van der Waals surface area contributed by atoms with Crippen molar-refractivity contribution in [1.82, 2.24) is 0 Å². The molecule has 0 spiro atoms. The monoisotopic (exact) mass is 886 g/mol. The van der Waals surface area contributed by atoms with E-state index in [1.165, 1.54) is 14.2 Å². The molecule has 0 bridgehead atoms. The highest BCUT2D eigenvalue weighted by molar-refractivity contribution is 6.74. The number of aliphatic hydroxyl groups excluding tert-OH is 5. The molecule has 2 aliphatic rings. The van der Waals surface area contributed by atoms with Crippen molar-refractivity contribution in [2.24, 2.45) is 0 Å². The molecule has 0 saturated carbocycles. The number of carbonyl (C=O) groups excluding carboxylic acids is 2. The van der Waals surface area contributed by atoms with Crippen LogP contribution in [0, 0.1) is 0 Å². The summed E-state index contributed by atoms with van der Waals surface area (Å²) in [5, 5.41) is 48.9. The summed E-state index contributed by atoms with van der Waals surface area (Å²) in [5.74, 6) is 2.09. The lowest BCUT2D eigenvalue weighted by Gasteiger charge is -2.44. The number of methoxy groups -OCH3 is 2. The molecule has 0 saturated heterocycles. The SMILES string of the molecule is COc1cc(CC(=O)c2ccc3c(c2)C(O)CC(C)(C)O3)cc(CO)c1CO.COc1cc(CC(=O)c2ccc3c(c2)C(O[Si](C)(C)C(C)(C)C)CC(C)(C)O3)cc(CO)c1CO. The van der Waals surface area contributed by atoms with Gasteiger partial charge in [-0.05, 0) is 117 Å². The largest absolute Gasteiger partial charge is 0.496 e. The Bertz CT molecular complexity index is 2240. The molecule has 63 heavy (non-hydrogen) atoms. The zero-order valence-electron chi connectivity index (χ0n) is 38.7. The van der Waals surface area contributed by atoms with Gasteiger partial charge in [-0.15, -0.1) is 0 Å². The predicted octanol–water partition coefficient (Wildman–Crippen LogP) is 8.43. The van der Waals surface area contributed by atoms with Crippen molar-refractivity contribution in [2.75, 3.05) is 14.2 Å². The average molecular weight is 887 g/mol. The number of ether oxygens (including phenoxy) is 4. The van der Waals surface area contributed by atoms with Gasteiger partial charge in [-0.25, -0.2) is 0 Å². The Balaban J connectivity index is 0.000000243. The number of carbonyl (C=O) groups is 2. The highest BCUT2D eigenvalue weighted by Crippen LogP contribution is 2.47. The molecule has 0 radical (unpaired) electrons. The summed E-state index contributed by atoms with van der Waals surface area (Å²) in [6.07, 6.45) is 0.592. The molecule has 12 nitrogen and oxygen atoms in total. The Morgan fingerprint density at radius 3 is 1.51 bits per heavy atom. The Kier molecular flexibility index (Phi) is 15.4. The smallest absolute Gasteiger partial charge is 0.192 e. The molecule has 5 N–H and O–H groups in total. The van der Waals surface area contributed by atoms with Gasteiger partial charge in [0.2, 0.25) is 0 Å². The van der Waals surface area contributed by atoms with Crippen molar-refractivity contribution in [1.29, 1.82) is 0 Å². The number of Topliss-reactive ketones (excluding diaryl/α,β-unsaturated/α-hetero) is 2. The summed E-state index contributed by atoms with van der Waals surface area (Å²) in [5.41, 5.74) is 5.32. The highest BCUT2D eigenvalue weighted by Gasteiger charge is 2.43. The summed E-state index contributed by atoms with van der Waals surface area (Å²) >= 11 is 0. The summed E-state index contributed by atoms with van der Waals surface area (Å²) in [4.78, 5) is 26.1. The van der Waals surface area contributed by atoms with Crippen molar-refractivity contribution < 1.29 is 58.5 Å². The van der Waals surface area contributed by atoms with Gasteiger partial charge in [0.25, 0.3) is 0 Å². The van der Waals surface area contributed by atoms with Crippen LogP contribution in [0.3, 0.4) is 0 Å². The number of hydrogen-bond acceptors (Lipinski definition) is 12. The van der Waals surface area contributed by atoms with Crippen LogP contribution in [0.5, 0.6) is 23.0 Å². The molecule has 0 aliphatic carbocycles. The van der Waals surface area contributed by atoms with Gasteiger partial charge in [-0.1, -0.05) is 32.9 Å². The summed E-state index contributed by atoms with van der Waals surface area (Å²) in [6, 6.07) is 17.6. The maximum atomic E-state index is 13.3. The normalized spacial score (nSPS) is 17.5. The van der Waals surface area contributed by atoms with Gasteiger partial charge in [0.1, 0.15) is 34.2 Å². The van der Waals surface area contributed by atoms with E-state index in [1.54, 1.807) is 48.5 Å². The minimum Gasteiger partial charge on any atom is -0.496 e. The zero-order valence-corrected chi connectivity index (χ0v) is 39.7. The molecule has 4 aromatic carbocycles. The average Bonchev–Trinajstić information content (AvgIpc) is 3.21. The van der Waals surface area contributed by atoms with E-state index in [2.05, 4.69) is 47.7 Å². The Labute approximate surface area is 372 Å². The molecule has 2 unspecified atom stereocenters. The number of ketones is 2. The second-order valence-electron chi connectivity index (χ2n) is 19.2. The minimum absolute atomic E-state index is 0.0496. The van der Waals surface area contributed by atoms with Crippen molar-refractivity contribution >= 4 is 19.9 Å². The molecule has 2 heterocycles. The molecule has 6 rings (SSSR count). The number of fused-ring (bicyclic) bond motifs is 2. The van der Waals surface area contributed by atoms with Crippen molar-refractivity contribution in [2.45, 2.75) is 142 Å². The highest BCUT2D eigenvalue weighted by atomic mass is 28.4. The molecular formula is C50H66O12Si. The first-order valence-corrected chi connectivity index (χ1v) is 24.3. The van der Waals surface area contributed by atoms with Crippen LogP contribution in [0.1, 0.15) is 139 Å². The fraction of sp³-hybridized carbons (Fsp3) is 0.480. The van der Waals surface area contributed by atoms with Gasteiger partial charge >= 0.3 is 0 Å². The molecule has 4 aromatic rings. The Hall–Kier alpha value is -4.60. The maximum Gasteiger partial charge on any atom is 0.192 e. The third-order valence-electron chi connectivity index (χ3n) is 12.3. The van der Waals surface area contributed by atoms with Crippen molar-refractivity contribution in [3.8, 4) is 23.0 Å². The first-order chi connectivity index (χ1) is 29.5. The molecule has 2 aliphatic heterocycles. The molecule has 342 valence electrons. The zero-order chi connectivity index (χ0) is 46.7. The van der Waals surface area contributed by atoms with Crippen molar-refractivity contribution in [3.63, 3.8) is 0 Å². The topological polar surface area (TPSA) is 181 Å². The van der Waals surface area contributed by atoms with E-state index in [0.29, 0.717) is 74.6 Å². The van der Waals surface area contributed by atoms with Crippen molar-refractivity contribution in [3.05, 3.63) is 116 Å². The predicted molar refractivity (Wildman–Crippen MR) is 243 cm³/mol. The maximum absolute atomic E-state index is 13.3. The van der Waals surface area contributed by atoms with Gasteiger partial charge < -0.3 is 48.9 Å². The fourth-order valence-electron chi connectivity index (χ4n) is 7.91. The quantitative estimate of drug-likeness (QED) is 0.0603. The lowest BCUT2D eigenvalue weighted by molar-refractivity contribution is 0.0114. The number of benzene rings is 4. The van der Waals surface area contributed by atoms with Gasteiger partial charge in [-0.2, -0.15) is 0 Å². The first-order valence-electron chi connectivity index (χ1n) is 21.4. The standard InChI is InChI=1S/C28H40O6Si.C22H26O6/c1-27(2,3)35(7,8)34-26-15-28(4,5)33-24-10-9-19(14-21(24)26)23(31)12-18-11-20(16-29)22(17-30)25(13-18)32-6;1-22(2)10-19(26)16-9-14(4-5-20(16)28-22)18(25)7-13-6-15(11-23)17(12-24)21(8-13)27-3/h9-11,13-14,26,29-30H,12,15-17H2,1-8H3;4-6,8-9,19,23-24,26H,7,10-12H2,1-3H3. The minimum atomic E-state index is -2.06. The van der Waals surface area contributed by atoms with Gasteiger partial charge in [0, 0.05) is 59.1 Å².